The first-order valence-corrected chi connectivity index (χ1v) is 15.3. The summed E-state index contributed by atoms with van der Waals surface area (Å²) in [5.41, 5.74) is 0.941. The highest BCUT2D eigenvalue weighted by Gasteiger charge is 2.52. The van der Waals surface area contributed by atoms with Gasteiger partial charge in [0.1, 0.15) is 12.7 Å². The molecule has 4 aromatic rings. The molecule has 0 amide bonds. The highest BCUT2D eigenvalue weighted by atomic mass is 127. The Balaban J connectivity index is 1.53. The number of esters is 4. The van der Waals surface area contributed by atoms with E-state index in [2.05, 4.69) is 9.85 Å². The summed E-state index contributed by atoms with van der Waals surface area (Å²) in [6, 6.07) is 32.9. The van der Waals surface area contributed by atoms with E-state index in [0.717, 1.165) is 0 Å². The van der Waals surface area contributed by atoms with Gasteiger partial charge in [-0.05, 0) is 52.5 Å². The summed E-state index contributed by atoms with van der Waals surface area (Å²) in [4.78, 5) is 53.1. The van der Waals surface area contributed by atoms with Crippen molar-refractivity contribution in [3.63, 3.8) is 0 Å². The molecule has 9 nitrogen and oxygen atoms in total. The van der Waals surface area contributed by atoms with Crippen LogP contribution in [0.3, 0.4) is 0 Å². The van der Waals surface area contributed by atoms with Crippen LogP contribution >= 0.6 is 22.6 Å². The molecule has 46 heavy (non-hydrogen) atoms. The second kappa shape index (κ2) is 15.8. The first-order chi connectivity index (χ1) is 22.4. The van der Waals surface area contributed by atoms with Crippen LogP contribution in [-0.2, 0) is 23.7 Å². The molecule has 232 valence electrons. The maximum Gasteiger partial charge on any atom is 0.338 e. The van der Waals surface area contributed by atoms with E-state index in [1.54, 1.807) is 144 Å². The number of carbonyl (C=O) groups excluding carboxylic acids is 4. The van der Waals surface area contributed by atoms with Crippen LogP contribution in [0.1, 0.15) is 41.4 Å². The summed E-state index contributed by atoms with van der Waals surface area (Å²) in [7, 11) is 0. The number of halogens is 1. The molecule has 0 aromatic heterocycles. The minimum absolute atomic E-state index is 0.207. The molecule has 0 saturated carbocycles. The molecule has 1 saturated heterocycles. The molecule has 0 radical (unpaired) electrons. The van der Waals surface area contributed by atoms with Crippen molar-refractivity contribution in [2.75, 3.05) is 6.61 Å². The van der Waals surface area contributed by atoms with Gasteiger partial charge in [0, 0.05) is 22.6 Å². The SMILES string of the molecule is O=C(OC[C@H]1O[C@H](C#CI)[C@@H](OC(=O)c2ccccc2)[C@@H](OC(=O)c2ccccc2)[C@@H]1OC(=O)c1ccccc1)c1ccccc1. The third kappa shape index (κ3) is 8.18. The molecule has 0 spiro atoms. The van der Waals surface area contributed by atoms with Crippen LogP contribution in [0, 0.1) is 9.85 Å². The van der Waals surface area contributed by atoms with Crippen LogP contribution in [0.4, 0.5) is 0 Å². The summed E-state index contributed by atoms with van der Waals surface area (Å²) in [5.74, 6) is -0.0645. The van der Waals surface area contributed by atoms with Crippen molar-refractivity contribution >= 4 is 46.5 Å². The average Bonchev–Trinajstić information content (AvgIpc) is 3.11. The third-order valence-corrected chi connectivity index (χ3v) is 7.29. The Labute approximate surface area is 278 Å². The lowest BCUT2D eigenvalue weighted by molar-refractivity contribution is -0.215. The van der Waals surface area contributed by atoms with Crippen LogP contribution in [0.2, 0.25) is 0 Å². The van der Waals surface area contributed by atoms with Crippen molar-refractivity contribution in [2.45, 2.75) is 30.5 Å². The van der Waals surface area contributed by atoms with Gasteiger partial charge >= 0.3 is 23.9 Å². The van der Waals surface area contributed by atoms with Gasteiger partial charge < -0.3 is 23.7 Å². The van der Waals surface area contributed by atoms with Gasteiger partial charge in [0.05, 0.1) is 22.3 Å². The molecule has 0 N–H and O–H groups in total. The molecule has 1 aliphatic rings. The predicted octanol–water partition coefficient (Wildman–Crippen LogP) is 5.68. The molecule has 0 aliphatic carbocycles. The molecular weight excluding hydrogens is 703 g/mol. The summed E-state index contributed by atoms with van der Waals surface area (Å²) in [6.45, 7) is -0.404. The number of ether oxygens (including phenoxy) is 5. The highest BCUT2D eigenvalue weighted by molar-refractivity contribution is 14.1. The van der Waals surface area contributed by atoms with E-state index in [1.165, 1.54) is 0 Å². The van der Waals surface area contributed by atoms with Gasteiger partial charge in [-0.1, -0.05) is 78.7 Å². The lowest BCUT2D eigenvalue weighted by atomic mass is 9.94. The van der Waals surface area contributed by atoms with E-state index in [9.17, 15) is 19.2 Å². The molecule has 10 heteroatoms. The third-order valence-electron chi connectivity index (χ3n) is 6.98. The quantitative estimate of drug-likeness (QED) is 0.0929. The molecule has 0 unspecified atom stereocenters. The van der Waals surface area contributed by atoms with Crippen LogP contribution < -0.4 is 0 Å². The molecule has 5 rings (SSSR count). The summed E-state index contributed by atoms with van der Waals surface area (Å²) in [6.07, 6.45) is -6.51. The number of benzene rings is 4. The second-order valence-electron chi connectivity index (χ2n) is 10.0. The Kier molecular flexibility index (Phi) is 11.2. The van der Waals surface area contributed by atoms with Gasteiger partial charge in [-0.2, -0.15) is 0 Å². The van der Waals surface area contributed by atoms with Gasteiger partial charge in [0.15, 0.2) is 24.4 Å². The zero-order valence-electron chi connectivity index (χ0n) is 24.2. The van der Waals surface area contributed by atoms with Crippen molar-refractivity contribution in [1.82, 2.24) is 0 Å². The Morgan fingerprint density at radius 1 is 0.543 bits per heavy atom. The molecular formula is C36H27IO9. The molecule has 1 aliphatic heterocycles. The lowest BCUT2D eigenvalue weighted by Gasteiger charge is -2.43. The van der Waals surface area contributed by atoms with Gasteiger partial charge in [0.2, 0.25) is 0 Å². The van der Waals surface area contributed by atoms with E-state index in [1.807, 2.05) is 0 Å². The maximum atomic E-state index is 13.5. The van der Waals surface area contributed by atoms with Crippen molar-refractivity contribution in [3.05, 3.63) is 144 Å². The number of hydrogen-bond donors (Lipinski definition) is 0. The Morgan fingerprint density at radius 3 is 1.33 bits per heavy atom. The number of rotatable bonds is 9. The first kappa shape index (κ1) is 32.4. The average molecular weight is 731 g/mol. The van der Waals surface area contributed by atoms with Crippen molar-refractivity contribution in [3.8, 4) is 9.85 Å². The molecule has 0 bridgehead atoms. The topological polar surface area (TPSA) is 114 Å². The fourth-order valence-corrected chi connectivity index (χ4v) is 5.04. The van der Waals surface area contributed by atoms with Crippen molar-refractivity contribution < 1.29 is 42.9 Å². The van der Waals surface area contributed by atoms with E-state index in [0.29, 0.717) is 5.56 Å². The van der Waals surface area contributed by atoms with Gasteiger partial charge in [-0.3, -0.25) is 0 Å². The fourth-order valence-electron chi connectivity index (χ4n) is 4.74. The van der Waals surface area contributed by atoms with Gasteiger partial charge in [-0.15, -0.1) is 0 Å². The number of hydrogen-bond acceptors (Lipinski definition) is 9. The fraction of sp³-hybridized carbons (Fsp3) is 0.167. The molecule has 1 fully saturated rings. The Morgan fingerprint density at radius 2 is 0.913 bits per heavy atom. The maximum absolute atomic E-state index is 13.5. The second-order valence-corrected chi connectivity index (χ2v) is 10.5. The van der Waals surface area contributed by atoms with E-state index in [-0.39, 0.29) is 16.7 Å². The Hall–Kier alpha value is -4.99. The normalized spacial score (nSPS) is 20.2. The number of carbonyl (C=O) groups is 4. The smallest absolute Gasteiger partial charge is 0.338 e. The summed E-state index contributed by atoms with van der Waals surface area (Å²) in [5, 5.41) is 0. The van der Waals surface area contributed by atoms with Crippen LogP contribution in [-0.4, -0.2) is 61.0 Å². The zero-order chi connectivity index (χ0) is 32.3. The van der Waals surface area contributed by atoms with Gasteiger partial charge in [0.25, 0.3) is 0 Å². The monoisotopic (exact) mass is 730 g/mol. The van der Waals surface area contributed by atoms with Crippen LogP contribution in [0.15, 0.2) is 121 Å². The van der Waals surface area contributed by atoms with E-state index in [4.69, 9.17) is 23.7 Å². The Bertz CT molecular complexity index is 1700. The minimum Gasteiger partial charge on any atom is -0.459 e. The molecule has 4 aromatic carbocycles. The van der Waals surface area contributed by atoms with E-state index < -0.39 is 61.0 Å². The highest BCUT2D eigenvalue weighted by Crippen LogP contribution is 2.31. The van der Waals surface area contributed by atoms with Gasteiger partial charge in [-0.25, -0.2) is 19.2 Å². The van der Waals surface area contributed by atoms with Crippen LogP contribution in [0.25, 0.3) is 0 Å². The predicted molar refractivity (Wildman–Crippen MR) is 174 cm³/mol. The minimum atomic E-state index is -1.43. The molecule has 5 atom stereocenters. The lowest BCUT2D eigenvalue weighted by Crippen LogP contribution is -2.62. The first-order valence-electron chi connectivity index (χ1n) is 14.2. The van der Waals surface area contributed by atoms with Crippen LogP contribution in [0.5, 0.6) is 0 Å². The molecule has 1 heterocycles. The van der Waals surface area contributed by atoms with Crippen molar-refractivity contribution in [1.29, 1.82) is 0 Å². The standard InChI is InChI=1S/C36H27IO9/c37-22-21-28-30(44-34(39)25-15-7-2-8-16-25)32(46-36(41)27-19-11-4-12-20-27)31(45-35(40)26-17-9-3-10-18-26)29(43-28)23-42-33(38)24-13-5-1-6-14-24/h1-20,28-32H,23H2/t28-,29-,30-,31-,32-/m1/s1. The largest absolute Gasteiger partial charge is 0.459 e. The van der Waals surface area contributed by atoms with E-state index >= 15 is 0 Å². The summed E-state index contributed by atoms with van der Waals surface area (Å²) >= 11 is 1.81. The zero-order valence-corrected chi connectivity index (χ0v) is 26.4. The van der Waals surface area contributed by atoms with Crippen molar-refractivity contribution in [2.24, 2.45) is 0 Å². The summed E-state index contributed by atoms with van der Waals surface area (Å²) < 4.78 is 32.4.